The van der Waals surface area contributed by atoms with Crippen LogP contribution in [0.3, 0.4) is 0 Å². The SMILES string of the molecule is CCNC(=NCc1ccccn1)NCCOc1ccc2c(c1)CCC(=O)N2. The first-order valence-electron chi connectivity index (χ1n) is 9.22. The second-order valence-corrected chi connectivity index (χ2v) is 6.16. The Bertz CT molecular complexity index is 792. The normalized spacial score (nSPS) is 13.5. The molecule has 1 aromatic heterocycles. The summed E-state index contributed by atoms with van der Waals surface area (Å²) in [6.45, 7) is 4.47. The molecule has 3 N–H and O–H groups in total. The second-order valence-electron chi connectivity index (χ2n) is 6.16. The van der Waals surface area contributed by atoms with Crippen molar-refractivity contribution in [3.05, 3.63) is 53.9 Å². The van der Waals surface area contributed by atoms with Crippen LogP contribution >= 0.6 is 0 Å². The lowest BCUT2D eigenvalue weighted by Gasteiger charge is -2.18. The van der Waals surface area contributed by atoms with E-state index in [1.807, 2.05) is 43.3 Å². The number of hydrogen-bond acceptors (Lipinski definition) is 4. The van der Waals surface area contributed by atoms with Crippen LogP contribution in [-0.2, 0) is 17.8 Å². The van der Waals surface area contributed by atoms with Crippen molar-refractivity contribution >= 4 is 17.6 Å². The van der Waals surface area contributed by atoms with Gasteiger partial charge in [-0.3, -0.25) is 9.78 Å². The Hall–Kier alpha value is -3.09. The number of nitrogens with zero attached hydrogens (tertiary/aromatic N) is 2. The number of carbonyl (C=O) groups excluding carboxylic acids is 1. The maximum Gasteiger partial charge on any atom is 0.224 e. The molecule has 0 saturated heterocycles. The second kappa shape index (κ2) is 9.56. The van der Waals surface area contributed by atoms with E-state index in [0.29, 0.717) is 26.1 Å². The number of aryl methyl sites for hydroxylation is 1. The highest BCUT2D eigenvalue weighted by atomic mass is 16.5. The molecule has 2 aromatic rings. The molecule has 0 saturated carbocycles. The minimum atomic E-state index is 0.0707. The third-order valence-corrected chi connectivity index (χ3v) is 4.10. The topological polar surface area (TPSA) is 87.6 Å². The summed E-state index contributed by atoms with van der Waals surface area (Å²) in [5, 5.41) is 9.35. The largest absolute Gasteiger partial charge is 0.492 e. The van der Waals surface area contributed by atoms with Gasteiger partial charge in [0.2, 0.25) is 5.91 Å². The van der Waals surface area contributed by atoms with Crippen molar-refractivity contribution in [2.45, 2.75) is 26.3 Å². The fourth-order valence-electron chi connectivity index (χ4n) is 2.78. The van der Waals surface area contributed by atoms with E-state index in [0.717, 1.165) is 41.6 Å². The van der Waals surface area contributed by atoms with Gasteiger partial charge in [0, 0.05) is 24.8 Å². The highest BCUT2D eigenvalue weighted by Gasteiger charge is 2.14. The minimum absolute atomic E-state index is 0.0707. The molecule has 1 aromatic carbocycles. The minimum Gasteiger partial charge on any atom is -0.492 e. The number of benzene rings is 1. The fraction of sp³-hybridized carbons (Fsp3) is 0.350. The third-order valence-electron chi connectivity index (χ3n) is 4.10. The Kier molecular flexibility index (Phi) is 6.62. The van der Waals surface area contributed by atoms with Crippen LogP contribution in [-0.4, -0.2) is 36.5 Å². The van der Waals surface area contributed by atoms with Crippen LogP contribution in [0.25, 0.3) is 0 Å². The average molecular weight is 367 g/mol. The zero-order valence-corrected chi connectivity index (χ0v) is 15.5. The van der Waals surface area contributed by atoms with E-state index in [2.05, 4.69) is 25.9 Å². The summed E-state index contributed by atoms with van der Waals surface area (Å²) in [6.07, 6.45) is 3.04. The summed E-state index contributed by atoms with van der Waals surface area (Å²) < 4.78 is 5.82. The van der Waals surface area contributed by atoms with E-state index in [9.17, 15) is 4.79 Å². The Morgan fingerprint density at radius 1 is 1.26 bits per heavy atom. The van der Waals surface area contributed by atoms with E-state index in [1.54, 1.807) is 6.20 Å². The molecule has 0 fully saturated rings. The molecule has 0 aliphatic carbocycles. The lowest BCUT2D eigenvalue weighted by atomic mass is 10.0. The quantitative estimate of drug-likeness (QED) is 0.396. The molecule has 0 bridgehead atoms. The molecule has 1 amide bonds. The van der Waals surface area contributed by atoms with Crippen molar-refractivity contribution in [2.24, 2.45) is 4.99 Å². The van der Waals surface area contributed by atoms with E-state index >= 15 is 0 Å². The van der Waals surface area contributed by atoms with Gasteiger partial charge in [-0.25, -0.2) is 4.99 Å². The van der Waals surface area contributed by atoms with Crippen molar-refractivity contribution in [3.63, 3.8) is 0 Å². The molecule has 142 valence electrons. The molecule has 1 aliphatic rings. The van der Waals surface area contributed by atoms with Gasteiger partial charge in [0.05, 0.1) is 18.8 Å². The zero-order valence-electron chi connectivity index (χ0n) is 15.5. The number of aliphatic imine (C=N–C) groups is 1. The number of ether oxygens (including phenoxy) is 1. The summed E-state index contributed by atoms with van der Waals surface area (Å²) in [7, 11) is 0. The summed E-state index contributed by atoms with van der Waals surface area (Å²) in [4.78, 5) is 20.2. The number of amides is 1. The number of anilines is 1. The zero-order chi connectivity index (χ0) is 18.9. The number of carbonyl (C=O) groups is 1. The number of rotatable bonds is 7. The lowest BCUT2D eigenvalue weighted by Crippen LogP contribution is -2.39. The Morgan fingerprint density at radius 3 is 3.00 bits per heavy atom. The van der Waals surface area contributed by atoms with Gasteiger partial charge in [0.25, 0.3) is 0 Å². The molecular weight excluding hydrogens is 342 g/mol. The van der Waals surface area contributed by atoms with E-state index in [-0.39, 0.29) is 5.91 Å². The van der Waals surface area contributed by atoms with Gasteiger partial charge >= 0.3 is 0 Å². The molecule has 27 heavy (non-hydrogen) atoms. The third kappa shape index (κ3) is 5.70. The molecular formula is C20H25N5O2. The first-order valence-corrected chi connectivity index (χ1v) is 9.22. The Balaban J connectivity index is 1.47. The monoisotopic (exact) mass is 367 g/mol. The van der Waals surface area contributed by atoms with Crippen LogP contribution in [0.15, 0.2) is 47.6 Å². The molecule has 0 spiro atoms. The van der Waals surface area contributed by atoms with E-state index < -0.39 is 0 Å². The highest BCUT2D eigenvalue weighted by Crippen LogP contribution is 2.26. The molecule has 7 heteroatoms. The predicted octanol–water partition coefficient (Wildman–Crippen LogP) is 2.10. The fourth-order valence-corrected chi connectivity index (χ4v) is 2.78. The Labute approximate surface area is 159 Å². The van der Waals surface area contributed by atoms with Crippen LogP contribution < -0.4 is 20.7 Å². The summed E-state index contributed by atoms with van der Waals surface area (Å²) in [5.74, 6) is 1.61. The lowest BCUT2D eigenvalue weighted by molar-refractivity contribution is -0.116. The number of aromatic nitrogens is 1. The van der Waals surface area contributed by atoms with Gasteiger partial charge in [-0.15, -0.1) is 0 Å². The van der Waals surface area contributed by atoms with Crippen LogP contribution in [0, 0.1) is 0 Å². The summed E-state index contributed by atoms with van der Waals surface area (Å²) >= 11 is 0. The smallest absolute Gasteiger partial charge is 0.224 e. The van der Waals surface area contributed by atoms with Crippen LogP contribution in [0.4, 0.5) is 5.69 Å². The van der Waals surface area contributed by atoms with Crippen molar-refractivity contribution in [1.82, 2.24) is 15.6 Å². The van der Waals surface area contributed by atoms with Crippen molar-refractivity contribution in [1.29, 1.82) is 0 Å². The molecule has 1 aliphatic heterocycles. The number of pyridine rings is 1. The van der Waals surface area contributed by atoms with Gasteiger partial charge in [0.15, 0.2) is 5.96 Å². The molecule has 2 heterocycles. The molecule has 0 unspecified atom stereocenters. The maximum atomic E-state index is 11.4. The molecule has 7 nitrogen and oxygen atoms in total. The number of fused-ring (bicyclic) bond motifs is 1. The number of nitrogens with one attached hydrogen (secondary N) is 3. The van der Waals surface area contributed by atoms with Gasteiger partial charge in [0.1, 0.15) is 12.4 Å². The standard InChI is InChI=1S/C20H25N5O2/c1-2-21-20(24-14-16-5-3-4-10-22-16)23-11-12-27-17-7-8-18-15(13-17)6-9-19(26)25-18/h3-5,7-8,10,13H,2,6,9,11-12,14H2,1H3,(H,25,26)(H2,21,23,24). The average Bonchev–Trinajstić information content (AvgIpc) is 2.70. The number of guanidine groups is 1. The molecule has 0 atom stereocenters. The van der Waals surface area contributed by atoms with Gasteiger partial charge in [-0.1, -0.05) is 6.07 Å². The number of hydrogen-bond donors (Lipinski definition) is 3. The first-order chi connectivity index (χ1) is 13.2. The van der Waals surface area contributed by atoms with Crippen molar-refractivity contribution in [2.75, 3.05) is 25.0 Å². The van der Waals surface area contributed by atoms with Crippen LogP contribution in [0.2, 0.25) is 0 Å². The van der Waals surface area contributed by atoms with Gasteiger partial charge in [-0.2, -0.15) is 0 Å². The van der Waals surface area contributed by atoms with Crippen molar-refractivity contribution in [3.8, 4) is 5.75 Å². The molecule has 3 rings (SSSR count). The maximum absolute atomic E-state index is 11.4. The first kappa shape index (κ1) is 18.7. The van der Waals surface area contributed by atoms with Crippen LogP contribution in [0.5, 0.6) is 5.75 Å². The summed E-state index contributed by atoms with van der Waals surface area (Å²) in [6, 6.07) is 11.6. The highest BCUT2D eigenvalue weighted by molar-refractivity contribution is 5.94. The van der Waals surface area contributed by atoms with Gasteiger partial charge in [-0.05, 0) is 49.2 Å². The van der Waals surface area contributed by atoms with Crippen LogP contribution in [0.1, 0.15) is 24.6 Å². The summed E-state index contributed by atoms with van der Waals surface area (Å²) in [5.41, 5.74) is 2.92. The Morgan fingerprint density at radius 2 is 2.19 bits per heavy atom. The van der Waals surface area contributed by atoms with E-state index in [1.165, 1.54) is 0 Å². The van der Waals surface area contributed by atoms with E-state index in [4.69, 9.17) is 4.74 Å². The van der Waals surface area contributed by atoms with Gasteiger partial charge < -0.3 is 20.7 Å². The molecule has 0 radical (unpaired) electrons. The van der Waals surface area contributed by atoms with Crippen molar-refractivity contribution < 1.29 is 9.53 Å². The predicted molar refractivity (Wildman–Crippen MR) is 106 cm³/mol.